The average Bonchev–Trinajstić information content (AvgIpc) is 2.81. The van der Waals surface area contributed by atoms with Crippen molar-refractivity contribution in [3.63, 3.8) is 0 Å². The zero-order valence-corrected chi connectivity index (χ0v) is 10.7. The first kappa shape index (κ1) is 11.0. The number of aryl methyl sites for hydroxylation is 2. The summed E-state index contributed by atoms with van der Waals surface area (Å²) < 4.78 is 6.62. The Kier molecular flexibility index (Phi) is 2.27. The second-order valence-electron chi connectivity index (χ2n) is 4.08. The van der Waals surface area contributed by atoms with Crippen LogP contribution in [-0.4, -0.2) is 9.55 Å². The summed E-state index contributed by atoms with van der Waals surface area (Å²) in [5.74, 6) is -0.364. The lowest BCUT2D eigenvalue weighted by Crippen LogP contribution is -2.08. The number of nitrogens with zero attached hydrogens (tertiary/aromatic N) is 2. The van der Waals surface area contributed by atoms with Crippen LogP contribution in [-0.2, 0) is 7.05 Å². The van der Waals surface area contributed by atoms with Crippen molar-refractivity contribution in [1.82, 2.24) is 9.55 Å². The Bertz CT molecular complexity index is 778. The Morgan fingerprint density at radius 3 is 2.89 bits per heavy atom. The Labute approximate surface area is 106 Å². The smallest absolute Gasteiger partial charge is 0.408 e. The van der Waals surface area contributed by atoms with Gasteiger partial charge in [-0.2, -0.15) is 0 Å². The number of fused-ring (bicyclic) bond motifs is 1. The Balaban J connectivity index is 2.22. The lowest BCUT2D eigenvalue weighted by molar-refractivity contribution is 0.528. The molecule has 1 aromatic carbocycles. The minimum atomic E-state index is -0.364. The standard InChI is InChI=1S/C12H11N3O2S/c1-6-10(13)18-11(14-6)7-3-4-8-9(5-7)17-12(16)15(8)2/h3-5H,13H2,1-2H3. The van der Waals surface area contributed by atoms with Crippen molar-refractivity contribution in [3.8, 4) is 10.6 Å². The second kappa shape index (κ2) is 3.71. The molecule has 92 valence electrons. The molecular formula is C12H11N3O2S. The summed E-state index contributed by atoms with van der Waals surface area (Å²) in [6.07, 6.45) is 0. The SMILES string of the molecule is Cc1nc(-c2ccc3c(c2)oc(=O)n3C)sc1N. The van der Waals surface area contributed by atoms with Crippen LogP contribution in [0.25, 0.3) is 21.7 Å². The van der Waals surface area contributed by atoms with Gasteiger partial charge in [-0.15, -0.1) is 0 Å². The molecule has 3 aromatic rings. The van der Waals surface area contributed by atoms with E-state index in [0.29, 0.717) is 10.6 Å². The highest BCUT2D eigenvalue weighted by atomic mass is 32.1. The molecule has 2 heterocycles. The molecule has 0 saturated heterocycles. The first-order valence-corrected chi connectivity index (χ1v) is 6.21. The van der Waals surface area contributed by atoms with Crippen molar-refractivity contribution in [2.24, 2.45) is 7.05 Å². The van der Waals surface area contributed by atoms with Gasteiger partial charge in [-0.1, -0.05) is 11.3 Å². The summed E-state index contributed by atoms with van der Waals surface area (Å²) in [6.45, 7) is 1.87. The minimum Gasteiger partial charge on any atom is -0.408 e. The summed E-state index contributed by atoms with van der Waals surface area (Å²) in [5.41, 5.74) is 8.86. The monoisotopic (exact) mass is 261 g/mol. The zero-order valence-electron chi connectivity index (χ0n) is 9.93. The number of anilines is 1. The third kappa shape index (κ3) is 1.53. The van der Waals surface area contributed by atoms with Gasteiger partial charge in [-0.05, 0) is 25.1 Å². The molecule has 0 aliphatic rings. The Hall–Kier alpha value is -2.08. The fourth-order valence-corrected chi connectivity index (χ4v) is 2.63. The quantitative estimate of drug-likeness (QED) is 0.728. The van der Waals surface area contributed by atoms with Gasteiger partial charge in [0.05, 0.1) is 11.2 Å². The van der Waals surface area contributed by atoms with Crippen molar-refractivity contribution in [1.29, 1.82) is 0 Å². The molecule has 3 rings (SSSR count). The van der Waals surface area contributed by atoms with Gasteiger partial charge >= 0.3 is 5.76 Å². The summed E-state index contributed by atoms with van der Waals surface area (Å²) in [7, 11) is 1.68. The fourth-order valence-electron chi connectivity index (χ4n) is 1.80. The van der Waals surface area contributed by atoms with Crippen LogP contribution in [0.1, 0.15) is 5.69 Å². The van der Waals surface area contributed by atoms with Crippen LogP contribution in [0.3, 0.4) is 0 Å². The topological polar surface area (TPSA) is 74.0 Å². The lowest BCUT2D eigenvalue weighted by Gasteiger charge is -1.96. The van der Waals surface area contributed by atoms with Crippen molar-refractivity contribution in [2.75, 3.05) is 5.73 Å². The molecule has 0 fully saturated rings. The van der Waals surface area contributed by atoms with Crippen LogP contribution in [0.2, 0.25) is 0 Å². The molecule has 0 amide bonds. The molecule has 0 aliphatic heterocycles. The number of nitrogens with two attached hydrogens (primary N) is 1. The first-order chi connectivity index (χ1) is 8.56. The minimum absolute atomic E-state index is 0.364. The van der Waals surface area contributed by atoms with Crippen LogP contribution in [0, 0.1) is 6.92 Å². The molecule has 18 heavy (non-hydrogen) atoms. The van der Waals surface area contributed by atoms with Crippen molar-refractivity contribution in [3.05, 3.63) is 34.4 Å². The van der Waals surface area contributed by atoms with E-state index in [9.17, 15) is 4.79 Å². The maximum Gasteiger partial charge on any atom is 0.419 e. The molecule has 2 aromatic heterocycles. The maximum atomic E-state index is 11.4. The van der Waals surface area contributed by atoms with E-state index in [2.05, 4.69) is 4.98 Å². The van der Waals surface area contributed by atoms with Crippen LogP contribution < -0.4 is 11.5 Å². The molecule has 0 atom stereocenters. The fraction of sp³-hybridized carbons (Fsp3) is 0.167. The number of benzene rings is 1. The van der Waals surface area contributed by atoms with Gasteiger partial charge in [-0.25, -0.2) is 9.78 Å². The van der Waals surface area contributed by atoms with E-state index in [4.69, 9.17) is 10.2 Å². The lowest BCUT2D eigenvalue weighted by atomic mass is 10.2. The number of rotatable bonds is 1. The maximum absolute atomic E-state index is 11.4. The number of aromatic nitrogens is 2. The Morgan fingerprint density at radius 2 is 2.22 bits per heavy atom. The second-order valence-corrected chi connectivity index (χ2v) is 5.11. The van der Waals surface area contributed by atoms with Gasteiger partial charge < -0.3 is 10.2 Å². The summed E-state index contributed by atoms with van der Waals surface area (Å²) >= 11 is 1.43. The van der Waals surface area contributed by atoms with E-state index in [1.807, 2.05) is 25.1 Å². The van der Waals surface area contributed by atoms with E-state index < -0.39 is 0 Å². The van der Waals surface area contributed by atoms with Gasteiger partial charge in [-0.3, -0.25) is 4.57 Å². The number of hydrogen-bond acceptors (Lipinski definition) is 5. The molecule has 5 nitrogen and oxygen atoms in total. The van der Waals surface area contributed by atoms with E-state index in [0.717, 1.165) is 21.8 Å². The summed E-state index contributed by atoms with van der Waals surface area (Å²) in [4.78, 5) is 15.8. The highest BCUT2D eigenvalue weighted by Gasteiger charge is 2.10. The zero-order chi connectivity index (χ0) is 12.9. The third-order valence-corrected chi connectivity index (χ3v) is 3.91. The van der Waals surface area contributed by atoms with Crippen LogP contribution in [0.5, 0.6) is 0 Å². The third-order valence-electron chi connectivity index (χ3n) is 2.87. The molecule has 6 heteroatoms. The highest BCUT2D eigenvalue weighted by molar-refractivity contribution is 7.18. The van der Waals surface area contributed by atoms with E-state index in [-0.39, 0.29) is 5.76 Å². The molecule has 0 saturated carbocycles. The van der Waals surface area contributed by atoms with E-state index in [1.165, 1.54) is 15.9 Å². The molecule has 0 aliphatic carbocycles. The molecule has 2 N–H and O–H groups in total. The predicted octanol–water partition coefficient (Wildman–Crippen LogP) is 2.15. The molecule has 0 bridgehead atoms. The molecule has 0 spiro atoms. The highest BCUT2D eigenvalue weighted by Crippen LogP contribution is 2.31. The van der Waals surface area contributed by atoms with Crippen LogP contribution in [0.4, 0.5) is 5.00 Å². The Morgan fingerprint density at radius 1 is 1.44 bits per heavy atom. The van der Waals surface area contributed by atoms with E-state index in [1.54, 1.807) is 7.05 Å². The molecule has 0 radical (unpaired) electrons. The van der Waals surface area contributed by atoms with E-state index >= 15 is 0 Å². The average molecular weight is 261 g/mol. The molecular weight excluding hydrogens is 250 g/mol. The van der Waals surface area contributed by atoms with Gasteiger partial charge in [0.1, 0.15) is 10.0 Å². The first-order valence-electron chi connectivity index (χ1n) is 5.39. The van der Waals surface area contributed by atoms with Gasteiger partial charge in [0.2, 0.25) is 0 Å². The summed E-state index contributed by atoms with van der Waals surface area (Å²) in [6, 6.07) is 5.58. The number of oxazole rings is 1. The number of thiazole rings is 1. The number of nitrogen functional groups attached to an aromatic ring is 1. The predicted molar refractivity (Wildman–Crippen MR) is 71.7 cm³/mol. The van der Waals surface area contributed by atoms with Crippen LogP contribution in [0.15, 0.2) is 27.4 Å². The summed E-state index contributed by atoms with van der Waals surface area (Å²) in [5, 5.41) is 1.54. The normalized spacial score (nSPS) is 11.2. The van der Waals surface area contributed by atoms with Crippen molar-refractivity contribution >= 4 is 27.4 Å². The van der Waals surface area contributed by atoms with Gasteiger partial charge in [0.15, 0.2) is 5.58 Å². The van der Waals surface area contributed by atoms with Crippen molar-refractivity contribution in [2.45, 2.75) is 6.92 Å². The largest absolute Gasteiger partial charge is 0.419 e. The molecule has 0 unspecified atom stereocenters. The van der Waals surface area contributed by atoms with Crippen LogP contribution >= 0.6 is 11.3 Å². The number of hydrogen-bond donors (Lipinski definition) is 1. The van der Waals surface area contributed by atoms with Gasteiger partial charge in [0.25, 0.3) is 0 Å². The van der Waals surface area contributed by atoms with Gasteiger partial charge in [0, 0.05) is 12.6 Å². The van der Waals surface area contributed by atoms with Crippen molar-refractivity contribution < 1.29 is 4.42 Å².